The van der Waals surface area contributed by atoms with Crippen LogP contribution in [-0.4, -0.2) is 38.6 Å². The molecule has 6 rings (SSSR count). The minimum Gasteiger partial charge on any atom is -0.497 e. The van der Waals surface area contributed by atoms with Crippen LogP contribution >= 0.6 is 0 Å². The Morgan fingerprint density at radius 1 is 0.895 bits per heavy atom. The van der Waals surface area contributed by atoms with E-state index in [1.807, 2.05) is 43.3 Å². The highest BCUT2D eigenvalue weighted by Gasteiger charge is 2.38. The van der Waals surface area contributed by atoms with Crippen molar-refractivity contribution >= 4 is 21.8 Å². The molecule has 4 aromatic rings. The summed E-state index contributed by atoms with van der Waals surface area (Å²) in [6.45, 7) is 5.38. The first kappa shape index (κ1) is 24.4. The van der Waals surface area contributed by atoms with Crippen molar-refractivity contribution in [3.63, 3.8) is 0 Å². The second-order valence-corrected chi connectivity index (χ2v) is 11.9. The summed E-state index contributed by atoms with van der Waals surface area (Å²) in [7, 11) is -2.27. The Bertz CT molecular complexity index is 1610. The molecular weight excluding hydrogens is 496 g/mol. The Morgan fingerprint density at radius 3 is 2.32 bits per heavy atom. The number of anilines is 2. The summed E-state index contributed by atoms with van der Waals surface area (Å²) in [5.74, 6) is 2.31. The van der Waals surface area contributed by atoms with Gasteiger partial charge in [0.05, 0.1) is 17.7 Å². The van der Waals surface area contributed by atoms with Gasteiger partial charge in [0.25, 0.3) is 10.0 Å². The molecule has 3 aromatic carbocycles. The van der Waals surface area contributed by atoms with Crippen molar-refractivity contribution in [3.05, 3.63) is 95.1 Å². The number of sulfonamides is 1. The van der Waals surface area contributed by atoms with E-state index < -0.39 is 10.0 Å². The zero-order valence-corrected chi connectivity index (χ0v) is 22.5. The smallest absolute Gasteiger partial charge is 0.264 e. The summed E-state index contributed by atoms with van der Waals surface area (Å²) < 4.78 is 34.9. The van der Waals surface area contributed by atoms with E-state index in [2.05, 4.69) is 38.9 Å². The lowest BCUT2D eigenvalue weighted by Crippen LogP contribution is -2.35. The van der Waals surface area contributed by atoms with Crippen LogP contribution in [0.5, 0.6) is 5.75 Å². The van der Waals surface area contributed by atoms with Gasteiger partial charge >= 0.3 is 0 Å². The monoisotopic (exact) mass is 526 g/mol. The molecule has 1 aromatic heterocycles. The molecule has 2 unspecified atom stereocenters. The molecule has 0 spiro atoms. The van der Waals surface area contributed by atoms with Gasteiger partial charge in [-0.3, -0.25) is 0 Å². The number of piperidine rings is 1. The van der Waals surface area contributed by atoms with Gasteiger partial charge in [-0.05, 0) is 55.2 Å². The summed E-state index contributed by atoms with van der Waals surface area (Å²) in [6, 6.07) is 23.5. The summed E-state index contributed by atoms with van der Waals surface area (Å²) in [5, 5.41) is 0. The summed E-state index contributed by atoms with van der Waals surface area (Å²) in [5.41, 5.74) is 5.95. The Kier molecular flexibility index (Phi) is 6.07. The van der Waals surface area contributed by atoms with Gasteiger partial charge in [-0.25, -0.2) is 18.1 Å². The molecule has 1 fully saturated rings. The van der Waals surface area contributed by atoms with Crippen molar-refractivity contribution in [1.82, 2.24) is 9.97 Å². The van der Waals surface area contributed by atoms with Crippen LogP contribution in [0.3, 0.4) is 0 Å². The van der Waals surface area contributed by atoms with Gasteiger partial charge in [0, 0.05) is 36.6 Å². The number of hydrogen-bond acceptors (Lipinski definition) is 6. The fourth-order valence-electron chi connectivity index (χ4n) is 5.84. The molecule has 7 nitrogen and oxygen atoms in total. The Balaban J connectivity index is 1.40. The topological polar surface area (TPSA) is 84.4 Å². The van der Waals surface area contributed by atoms with Crippen LogP contribution in [0.25, 0.3) is 11.3 Å². The van der Waals surface area contributed by atoms with Crippen LogP contribution < -0.4 is 14.4 Å². The first-order chi connectivity index (χ1) is 18.3. The number of fused-ring (bicyclic) bond motifs is 5. The number of nitrogens with one attached hydrogen (secondary N) is 1. The predicted octanol–water partition coefficient (Wildman–Crippen LogP) is 5.66. The molecule has 2 heterocycles. The molecular formula is C30H30N4O3S. The number of aryl methyl sites for hydroxylation is 2. The van der Waals surface area contributed by atoms with Crippen molar-refractivity contribution < 1.29 is 13.2 Å². The number of methoxy groups -OCH3 is 1. The number of benzene rings is 3. The van der Waals surface area contributed by atoms with Crippen molar-refractivity contribution in [2.75, 3.05) is 29.8 Å². The molecule has 2 bridgehead atoms. The predicted molar refractivity (Wildman–Crippen MR) is 149 cm³/mol. The Labute approximate surface area is 223 Å². The van der Waals surface area contributed by atoms with Crippen LogP contribution in [0.2, 0.25) is 0 Å². The molecule has 0 saturated carbocycles. The van der Waals surface area contributed by atoms with E-state index in [1.165, 1.54) is 11.1 Å². The van der Waals surface area contributed by atoms with E-state index in [0.29, 0.717) is 34.7 Å². The molecule has 1 N–H and O–H groups in total. The highest BCUT2D eigenvalue weighted by molar-refractivity contribution is 7.92. The number of aromatic nitrogens is 2. The maximum atomic E-state index is 13.4. The van der Waals surface area contributed by atoms with Crippen LogP contribution in [-0.2, 0) is 10.0 Å². The number of hydrogen-bond donors (Lipinski definition) is 1. The SMILES string of the molecule is COc1cccc(-c2cc(N3CC4CC(C3)c3ccccc34)nc(NS(=O)(=O)c3ccc(C)cc3C)n2)c1. The van der Waals surface area contributed by atoms with Crippen LogP contribution in [0.15, 0.2) is 77.7 Å². The van der Waals surface area contributed by atoms with E-state index in [9.17, 15) is 8.42 Å². The summed E-state index contributed by atoms with van der Waals surface area (Å²) in [6.07, 6.45) is 1.13. The van der Waals surface area contributed by atoms with Crippen LogP contribution in [0, 0.1) is 13.8 Å². The molecule has 1 aliphatic carbocycles. The average Bonchev–Trinajstić information content (AvgIpc) is 3.17. The highest BCUT2D eigenvalue weighted by Crippen LogP contribution is 2.46. The largest absolute Gasteiger partial charge is 0.497 e. The molecule has 38 heavy (non-hydrogen) atoms. The van der Waals surface area contributed by atoms with Gasteiger partial charge in [-0.2, -0.15) is 4.98 Å². The lowest BCUT2D eigenvalue weighted by Gasteiger charge is -2.33. The fourth-order valence-corrected chi connectivity index (χ4v) is 7.01. The second kappa shape index (κ2) is 9.44. The van der Waals surface area contributed by atoms with Crippen molar-refractivity contribution in [2.45, 2.75) is 37.0 Å². The van der Waals surface area contributed by atoms with Gasteiger partial charge in [-0.15, -0.1) is 0 Å². The summed E-state index contributed by atoms with van der Waals surface area (Å²) in [4.78, 5) is 11.9. The van der Waals surface area contributed by atoms with Crippen molar-refractivity contribution in [3.8, 4) is 17.0 Å². The quantitative estimate of drug-likeness (QED) is 0.349. The van der Waals surface area contributed by atoms with E-state index in [-0.39, 0.29) is 10.8 Å². The number of rotatable bonds is 6. The molecule has 2 atom stereocenters. The molecule has 2 aliphatic rings. The van der Waals surface area contributed by atoms with E-state index in [4.69, 9.17) is 9.72 Å². The van der Waals surface area contributed by atoms with E-state index in [1.54, 1.807) is 26.2 Å². The third kappa shape index (κ3) is 4.49. The molecule has 0 amide bonds. The Hall–Kier alpha value is -3.91. The normalized spacial score (nSPS) is 18.2. The van der Waals surface area contributed by atoms with E-state index in [0.717, 1.165) is 30.6 Å². The highest BCUT2D eigenvalue weighted by atomic mass is 32.2. The van der Waals surface area contributed by atoms with Gasteiger partial charge in [0.2, 0.25) is 5.95 Å². The maximum Gasteiger partial charge on any atom is 0.264 e. The standard InChI is InChI=1S/C30H30N4O3S/c1-19-11-12-28(20(2)13-19)38(35,36)33-30-31-27(21-7-6-8-24(15-21)37-3)16-29(32-30)34-17-22-14-23(18-34)26-10-5-4-9-25(22)26/h4-13,15-16,22-23H,14,17-18H2,1-3H3,(H,31,32,33). The molecule has 1 aliphatic heterocycles. The fraction of sp³-hybridized carbons (Fsp3) is 0.267. The maximum absolute atomic E-state index is 13.4. The summed E-state index contributed by atoms with van der Waals surface area (Å²) >= 11 is 0. The van der Waals surface area contributed by atoms with Gasteiger partial charge < -0.3 is 9.64 Å². The second-order valence-electron chi connectivity index (χ2n) is 10.2. The van der Waals surface area contributed by atoms with Gasteiger partial charge in [0.15, 0.2) is 0 Å². The van der Waals surface area contributed by atoms with Crippen LogP contribution in [0.1, 0.15) is 40.5 Å². The zero-order chi connectivity index (χ0) is 26.4. The first-order valence-corrected chi connectivity index (χ1v) is 14.3. The van der Waals surface area contributed by atoms with Crippen molar-refractivity contribution in [2.24, 2.45) is 0 Å². The van der Waals surface area contributed by atoms with Crippen molar-refractivity contribution in [1.29, 1.82) is 0 Å². The number of nitrogens with zero attached hydrogens (tertiary/aromatic N) is 3. The van der Waals surface area contributed by atoms with Gasteiger partial charge in [-0.1, -0.05) is 54.1 Å². The third-order valence-electron chi connectivity index (χ3n) is 7.57. The van der Waals surface area contributed by atoms with Crippen LogP contribution in [0.4, 0.5) is 11.8 Å². The molecule has 8 heteroatoms. The number of ether oxygens (including phenoxy) is 1. The lowest BCUT2D eigenvalue weighted by atomic mass is 9.96. The minimum absolute atomic E-state index is 0.0516. The molecule has 1 saturated heterocycles. The molecule has 194 valence electrons. The zero-order valence-electron chi connectivity index (χ0n) is 21.7. The van der Waals surface area contributed by atoms with Gasteiger partial charge in [0.1, 0.15) is 11.6 Å². The Morgan fingerprint density at radius 2 is 1.63 bits per heavy atom. The molecule has 0 radical (unpaired) electrons. The average molecular weight is 527 g/mol. The van der Waals surface area contributed by atoms with E-state index >= 15 is 0 Å². The minimum atomic E-state index is -3.89. The lowest BCUT2D eigenvalue weighted by molar-refractivity contribution is 0.415. The third-order valence-corrected chi connectivity index (χ3v) is 9.06. The first-order valence-electron chi connectivity index (χ1n) is 12.8.